The average molecular weight is 344 g/mol. The minimum absolute atomic E-state index is 0.0375. The molecule has 0 saturated carbocycles. The van der Waals surface area contributed by atoms with Gasteiger partial charge in [0.1, 0.15) is 0 Å². The summed E-state index contributed by atoms with van der Waals surface area (Å²) in [5.74, 6) is 0.731. The lowest BCUT2D eigenvalue weighted by molar-refractivity contribution is -0.115. The first kappa shape index (κ1) is 16.0. The van der Waals surface area contributed by atoms with Gasteiger partial charge in [-0.1, -0.05) is 0 Å². The number of rotatable bonds is 4. The van der Waals surface area contributed by atoms with Crippen LogP contribution in [-0.2, 0) is 11.3 Å². The number of thiophene rings is 1. The number of anilines is 1. The van der Waals surface area contributed by atoms with Gasteiger partial charge in [-0.25, -0.2) is 9.97 Å². The molecule has 0 bridgehead atoms. The van der Waals surface area contributed by atoms with Crippen molar-refractivity contribution in [2.75, 3.05) is 25.0 Å². The quantitative estimate of drug-likeness (QED) is 0.923. The minimum Gasteiger partial charge on any atom is -0.375 e. The molecule has 2 saturated heterocycles. The number of ether oxygens (including phenoxy) is 1. The van der Waals surface area contributed by atoms with Crippen molar-refractivity contribution in [1.29, 1.82) is 0 Å². The highest BCUT2D eigenvalue weighted by Gasteiger charge is 2.40. The Hall–Kier alpha value is -1.50. The first-order valence-corrected chi connectivity index (χ1v) is 9.67. The van der Waals surface area contributed by atoms with Gasteiger partial charge in [-0.3, -0.25) is 4.90 Å². The van der Waals surface area contributed by atoms with E-state index in [2.05, 4.69) is 37.0 Å². The van der Waals surface area contributed by atoms with Crippen molar-refractivity contribution < 1.29 is 4.74 Å². The molecule has 0 aliphatic carbocycles. The maximum absolute atomic E-state index is 6.25. The normalized spacial score (nSPS) is 24.1. The number of nitrogens with zero attached hydrogens (tertiary/aromatic N) is 3. The van der Waals surface area contributed by atoms with Crippen LogP contribution in [0, 0.1) is 0 Å². The molecule has 0 aromatic carbocycles. The predicted octanol–water partition coefficient (Wildman–Crippen LogP) is 3.16. The molecule has 1 N–H and O–H groups in total. The number of hydrogen-bond donors (Lipinski definition) is 1. The summed E-state index contributed by atoms with van der Waals surface area (Å²) in [6.45, 7) is 4.13. The van der Waals surface area contributed by atoms with Crippen LogP contribution in [0.15, 0.2) is 35.3 Å². The maximum atomic E-state index is 6.25. The second-order valence-corrected chi connectivity index (χ2v) is 7.63. The summed E-state index contributed by atoms with van der Waals surface area (Å²) in [6, 6.07) is 4.48. The van der Waals surface area contributed by atoms with E-state index in [9.17, 15) is 0 Å². The smallest absolute Gasteiger partial charge is 0.222 e. The Kier molecular flexibility index (Phi) is 4.78. The van der Waals surface area contributed by atoms with Crippen LogP contribution >= 0.6 is 11.3 Å². The summed E-state index contributed by atoms with van der Waals surface area (Å²) < 4.78 is 6.25. The molecular formula is C18H24N4OS. The van der Waals surface area contributed by atoms with Gasteiger partial charge in [0.15, 0.2) is 0 Å². The molecule has 2 fully saturated rings. The van der Waals surface area contributed by atoms with Crippen molar-refractivity contribution in [3.63, 3.8) is 0 Å². The van der Waals surface area contributed by atoms with Crippen LogP contribution in [0.4, 0.5) is 5.95 Å². The number of likely N-dealkylation sites (tertiary alicyclic amines) is 1. The first-order chi connectivity index (χ1) is 11.8. The molecule has 0 amide bonds. The summed E-state index contributed by atoms with van der Waals surface area (Å²) in [6.07, 6.45) is 7.88. The topological polar surface area (TPSA) is 50.3 Å². The second-order valence-electron chi connectivity index (χ2n) is 6.85. The van der Waals surface area contributed by atoms with Gasteiger partial charge in [0.05, 0.1) is 5.60 Å². The molecule has 5 nitrogen and oxygen atoms in total. The van der Waals surface area contributed by atoms with Gasteiger partial charge in [-0.05, 0) is 54.1 Å². The van der Waals surface area contributed by atoms with Gasteiger partial charge in [-0.2, -0.15) is 11.3 Å². The van der Waals surface area contributed by atoms with E-state index in [1.54, 1.807) is 23.7 Å². The van der Waals surface area contributed by atoms with Crippen LogP contribution in [0.3, 0.4) is 0 Å². The third kappa shape index (κ3) is 3.77. The highest BCUT2D eigenvalue weighted by Crippen LogP contribution is 2.36. The lowest BCUT2D eigenvalue weighted by Gasteiger charge is -2.46. The summed E-state index contributed by atoms with van der Waals surface area (Å²) in [4.78, 5) is 11.1. The van der Waals surface area contributed by atoms with Crippen LogP contribution in [0.2, 0.25) is 0 Å². The van der Waals surface area contributed by atoms with Crippen molar-refractivity contribution in [2.24, 2.45) is 0 Å². The number of aromatic nitrogens is 2. The summed E-state index contributed by atoms with van der Waals surface area (Å²) in [5.41, 5.74) is 1.47. The van der Waals surface area contributed by atoms with E-state index in [1.807, 2.05) is 6.07 Å². The standard InChI is InChI=1S/C18H24N4OS/c1-6-19-17(20-7-1)21-16-2-10-23-18(12-16)4-8-22(9-5-18)13-15-3-11-24-14-15/h1,3,6-7,11,14,16H,2,4-5,8-10,12-13H2,(H,19,20,21). The number of hydrogen-bond acceptors (Lipinski definition) is 6. The van der Waals surface area contributed by atoms with Crippen LogP contribution in [-0.4, -0.2) is 46.2 Å². The van der Waals surface area contributed by atoms with Crippen LogP contribution in [0.5, 0.6) is 0 Å². The van der Waals surface area contributed by atoms with Crippen molar-refractivity contribution in [2.45, 2.75) is 43.9 Å². The van der Waals surface area contributed by atoms with Gasteiger partial charge in [0.2, 0.25) is 5.95 Å². The predicted molar refractivity (Wildman–Crippen MR) is 96.2 cm³/mol. The first-order valence-electron chi connectivity index (χ1n) is 8.72. The van der Waals surface area contributed by atoms with E-state index >= 15 is 0 Å². The maximum Gasteiger partial charge on any atom is 0.222 e. The highest BCUT2D eigenvalue weighted by atomic mass is 32.1. The largest absolute Gasteiger partial charge is 0.375 e. The molecule has 2 aromatic heterocycles. The van der Waals surface area contributed by atoms with Crippen molar-refractivity contribution in [3.05, 3.63) is 40.8 Å². The summed E-state index contributed by atoms with van der Waals surface area (Å²) in [5, 5.41) is 7.90. The molecule has 24 heavy (non-hydrogen) atoms. The average Bonchev–Trinajstić information content (AvgIpc) is 3.11. The SMILES string of the molecule is c1cnc(NC2CCOC3(CCN(Cc4ccsc4)CC3)C2)nc1. The van der Waals surface area contributed by atoms with E-state index in [4.69, 9.17) is 4.74 Å². The van der Waals surface area contributed by atoms with Gasteiger partial charge in [0, 0.05) is 44.7 Å². The van der Waals surface area contributed by atoms with Gasteiger partial charge in [0.25, 0.3) is 0 Å². The molecule has 6 heteroatoms. The Labute approximate surface area is 147 Å². The molecular weight excluding hydrogens is 320 g/mol. The molecule has 4 rings (SSSR count). The van der Waals surface area contributed by atoms with Crippen molar-refractivity contribution in [3.8, 4) is 0 Å². The summed E-state index contributed by atoms with van der Waals surface area (Å²) >= 11 is 1.78. The Bertz CT molecular complexity index is 626. The van der Waals surface area contributed by atoms with Crippen LogP contribution < -0.4 is 5.32 Å². The molecule has 0 radical (unpaired) electrons. The lowest BCUT2D eigenvalue weighted by Crippen LogP contribution is -2.51. The zero-order chi connectivity index (χ0) is 16.2. The van der Waals surface area contributed by atoms with E-state index in [0.717, 1.165) is 57.9 Å². The minimum atomic E-state index is 0.0375. The molecule has 4 heterocycles. The monoisotopic (exact) mass is 344 g/mol. The molecule has 1 spiro atoms. The molecule has 128 valence electrons. The van der Waals surface area contributed by atoms with E-state index in [1.165, 1.54) is 5.56 Å². The molecule has 2 aliphatic rings. The molecule has 1 atom stereocenters. The zero-order valence-corrected chi connectivity index (χ0v) is 14.7. The zero-order valence-electron chi connectivity index (χ0n) is 13.9. The van der Waals surface area contributed by atoms with E-state index < -0.39 is 0 Å². The molecule has 2 aliphatic heterocycles. The van der Waals surface area contributed by atoms with Gasteiger partial charge in [-0.15, -0.1) is 0 Å². The Morgan fingerprint density at radius 2 is 2.12 bits per heavy atom. The fraction of sp³-hybridized carbons (Fsp3) is 0.556. The summed E-state index contributed by atoms with van der Waals surface area (Å²) in [7, 11) is 0. The lowest BCUT2D eigenvalue weighted by atomic mass is 9.82. The van der Waals surface area contributed by atoms with Crippen LogP contribution in [0.1, 0.15) is 31.2 Å². The Balaban J connectivity index is 1.32. The number of nitrogens with one attached hydrogen (secondary N) is 1. The third-order valence-corrected chi connectivity index (χ3v) is 5.88. The molecule has 2 aromatic rings. The van der Waals surface area contributed by atoms with E-state index in [0.29, 0.717) is 6.04 Å². The van der Waals surface area contributed by atoms with Gasteiger partial charge >= 0.3 is 0 Å². The van der Waals surface area contributed by atoms with Crippen molar-refractivity contribution in [1.82, 2.24) is 14.9 Å². The Morgan fingerprint density at radius 3 is 2.88 bits per heavy atom. The van der Waals surface area contributed by atoms with Gasteiger partial charge < -0.3 is 10.1 Å². The third-order valence-electron chi connectivity index (χ3n) is 5.15. The van der Waals surface area contributed by atoms with Crippen molar-refractivity contribution >= 4 is 17.3 Å². The molecule has 1 unspecified atom stereocenters. The fourth-order valence-corrected chi connectivity index (χ4v) is 4.47. The Morgan fingerprint density at radius 1 is 1.29 bits per heavy atom. The highest BCUT2D eigenvalue weighted by molar-refractivity contribution is 7.07. The van der Waals surface area contributed by atoms with Crippen LogP contribution in [0.25, 0.3) is 0 Å². The second kappa shape index (κ2) is 7.17. The van der Waals surface area contributed by atoms with E-state index in [-0.39, 0.29) is 5.60 Å². The fourth-order valence-electron chi connectivity index (χ4n) is 3.82. The number of piperidine rings is 1.